The van der Waals surface area contributed by atoms with Gasteiger partial charge in [0.1, 0.15) is 11.5 Å². The molecule has 2 aromatic carbocycles. The Labute approximate surface area is 172 Å². The zero-order chi connectivity index (χ0) is 19.8. The Morgan fingerprint density at radius 3 is 2.63 bits per heavy atom. The molecular formula is C20H22BrClN2O3. The van der Waals surface area contributed by atoms with Crippen LogP contribution in [0, 0.1) is 13.8 Å². The number of rotatable bonds is 8. The average Bonchev–Trinajstić information content (AvgIpc) is 2.67. The van der Waals surface area contributed by atoms with Crippen LogP contribution in [0.2, 0.25) is 5.02 Å². The molecular weight excluding hydrogens is 432 g/mol. The van der Waals surface area contributed by atoms with Gasteiger partial charge in [-0.1, -0.05) is 18.5 Å². The molecule has 0 atom stereocenters. The van der Waals surface area contributed by atoms with E-state index in [0.717, 1.165) is 33.3 Å². The minimum atomic E-state index is -0.355. The van der Waals surface area contributed by atoms with Crippen LogP contribution in [0.15, 0.2) is 39.9 Å². The van der Waals surface area contributed by atoms with Crippen molar-refractivity contribution in [2.24, 2.45) is 5.10 Å². The van der Waals surface area contributed by atoms with E-state index in [1.54, 1.807) is 12.3 Å². The lowest BCUT2D eigenvalue weighted by Crippen LogP contribution is -2.24. The average molecular weight is 454 g/mol. The lowest BCUT2D eigenvalue weighted by molar-refractivity contribution is -0.123. The monoisotopic (exact) mass is 452 g/mol. The molecule has 2 rings (SSSR count). The number of benzene rings is 2. The van der Waals surface area contributed by atoms with E-state index in [1.807, 2.05) is 38.1 Å². The van der Waals surface area contributed by atoms with Crippen LogP contribution in [-0.4, -0.2) is 25.3 Å². The van der Waals surface area contributed by atoms with Crippen molar-refractivity contribution in [2.75, 3.05) is 13.2 Å². The molecule has 0 aromatic heterocycles. The van der Waals surface area contributed by atoms with Gasteiger partial charge in [0, 0.05) is 5.02 Å². The van der Waals surface area contributed by atoms with Gasteiger partial charge in [-0.3, -0.25) is 4.79 Å². The van der Waals surface area contributed by atoms with Gasteiger partial charge < -0.3 is 9.47 Å². The Hall–Kier alpha value is -2.05. The van der Waals surface area contributed by atoms with Crippen LogP contribution in [0.3, 0.4) is 0 Å². The van der Waals surface area contributed by atoms with Crippen LogP contribution >= 0.6 is 27.5 Å². The number of carbonyl (C=O) groups is 1. The summed E-state index contributed by atoms with van der Waals surface area (Å²) in [6.07, 6.45) is 2.52. The van der Waals surface area contributed by atoms with Crippen molar-refractivity contribution in [1.82, 2.24) is 5.43 Å². The fourth-order valence-electron chi connectivity index (χ4n) is 2.23. The topological polar surface area (TPSA) is 59.9 Å². The molecule has 0 aliphatic carbocycles. The number of hydrogen-bond donors (Lipinski definition) is 1. The maximum absolute atomic E-state index is 11.9. The van der Waals surface area contributed by atoms with E-state index >= 15 is 0 Å². The predicted octanol–water partition coefficient (Wildman–Crippen LogP) is 5.04. The Bertz CT molecular complexity index is 823. The number of hydrogen-bond acceptors (Lipinski definition) is 4. The van der Waals surface area contributed by atoms with Gasteiger partial charge in [-0.2, -0.15) is 5.10 Å². The fourth-order valence-corrected chi connectivity index (χ4v) is 2.92. The molecule has 0 unspecified atom stereocenters. The predicted molar refractivity (Wildman–Crippen MR) is 112 cm³/mol. The van der Waals surface area contributed by atoms with E-state index in [4.69, 9.17) is 21.1 Å². The summed E-state index contributed by atoms with van der Waals surface area (Å²) < 4.78 is 11.8. The van der Waals surface area contributed by atoms with Gasteiger partial charge in [0.15, 0.2) is 6.61 Å². The highest BCUT2D eigenvalue weighted by atomic mass is 79.9. The van der Waals surface area contributed by atoms with Crippen molar-refractivity contribution in [2.45, 2.75) is 27.2 Å². The van der Waals surface area contributed by atoms with Gasteiger partial charge in [0.2, 0.25) is 0 Å². The van der Waals surface area contributed by atoms with Crippen molar-refractivity contribution in [3.05, 3.63) is 56.5 Å². The largest absolute Gasteiger partial charge is 0.494 e. The molecule has 0 aliphatic rings. The lowest BCUT2D eigenvalue weighted by Gasteiger charge is -2.12. The summed E-state index contributed by atoms with van der Waals surface area (Å²) in [4.78, 5) is 11.9. The summed E-state index contributed by atoms with van der Waals surface area (Å²) in [6.45, 7) is 6.36. The van der Waals surface area contributed by atoms with Crippen LogP contribution in [0.1, 0.15) is 30.0 Å². The summed E-state index contributed by atoms with van der Waals surface area (Å²) in [7, 11) is 0. The highest BCUT2D eigenvalue weighted by Crippen LogP contribution is 2.35. The standard InChI is InChI=1S/C20H22BrClN2O3/c1-4-9-26-16-7-5-15(6-8-16)11-23-24-18(25)12-27-17-10-13(2)20(22)14(3)19(17)21/h5-8,10-11H,4,9,12H2,1-3H3,(H,24,25)/b23-11+. The highest BCUT2D eigenvalue weighted by molar-refractivity contribution is 9.10. The van der Waals surface area contributed by atoms with Gasteiger partial charge >= 0.3 is 0 Å². The Morgan fingerprint density at radius 2 is 1.96 bits per heavy atom. The fraction of sp³-hybridized carbons (Fsp3) is 0.300. The summed E-state index contributed by atoms with van der Waals surface area (Å²) in [5, 5.41) is 4.61. The Balaban J connectivity index is 1.85. The number of aryl methyl sites for hydroxylation is 1. The first-order valence-electron chi connectivity index (χ1n) is 8.55. The molecule has 0 aliphatic heterocycles. The van der Waals surface area contributed by atoms with Crippen LogP contribution < -0.4 is 14.9 Å². The van der Waals surface area contributed by atoms with Crippen LogP contribution in [0.4, 0.5) is 0 Å². The van der Waals surface area contributed by atoms with E-state index in [1.165, 1.54) is 0 Å². The van der Waals surface area contributed by atoms with Gasteiger partial charge in [0.05, 0.1) is 17.3 Å². The van der Waals surface area contributed by atoms with Gasteiger partial charge in [-0.05, 0) is 83.2 Å². The molecule has 2 aromatic rings. The summed E-state index contributed by atoms with van der Waals surface area (Å²) in [6, 6.07) is 9.26. The van der Waals surface area contributed by atoms with Crippen LogP contribution in [-0.2, 0) is 4.79 Å². The Kier molecular flexibility index (Phi) is 8.13. The van der Waals surface area contributed by atoms with E-state index in [9.17, 15) is 4.79 Å². The van der Waals surface area contributed by atoms with E-state index in [2.05, 4.69) is 33.4 Å². The molecule has 0 saturated heterocycles. The van der Waals surface area contributed by atoms with E-state index < -0.39 is 0 Å². The molecule has 5 nitrogen and oxygen atoms in total. The molecule has 1 amide bonds. The van der Waals surface area contributed by atoms with Crippen molar-refractivity contribution < 1.29 is 14.3 Å². The molecule has 0 radical (unpaired) electrons. The Morgan fingerprint density at radius 1 is 1.26 bits per heavy atom. The number of carbonyl (C=O) groups excluding carboxylic acids is 1. The quantitative estimate of drug-likeness (QED) is 0.450. The number of halogens is 2. The van der Waals surface area contributed by atoms with Crippen molar-refractivity contribution >= 4 is 39.7 Å². The molecule has 0 fully saturated rings. The lowest BCUT2D eigenvalue weighted by atomic mass is 10.1. The van der Waals surface area contributed by atoms with Crippen molar-refractivity contribution in [3.8, 4) is 11.5 Å². The molecule has 0 heterocycles. The maximum atomic E-state index is 11.9. The van der Waals surface area contributed by atoms with E-state index in [0.29, 0.717) is 17.4 Å². The first-order valence-corrected chi connectivity index (χ1v) is 9.72. The maximum Gasteiger partial charge on any atom is 0.277 e. The van der Waals surface area contributed by atoms with E-state index in [-0.39, 0.29) is 12.5 Å². The third kappa shape index (κ3) is 6.26. The molecule has 0 spiro atoms. The summed E-state index contributed by atoms with van der Waals surface area (Å²) in [5.41, 5.74) is 5.05. The number of nitrogens with one attached hydrogen (secondary N) is 1. The second kappa shape index (κ2) is 10.3. The second-order valence-electron chi connectivity index (χ2n) is 5.94. The summed E-state index contributed by atoms with van der Waals surface area (Å²) >= 11 is 9.63. The molecule has 1 N–H and O–H groups in total. The molecule has 144 valence electrons. The third-order valence-electron chi connectivity index (χ3n) is 3.68. The first-order chi connectivity index (χ1) is 12.9. The highest BCUT2D eigenvalue weighted by Gasteiger charge is 2.12. The number of hydrazone groups is 1. The normalized spacial score (nSPS) is 10.9. The SMILES string of the molecule is CCCOc1ccc(/C=N/NC(=O)COc2cc(C)c(Cl)c(C)c2Br)cc1. The van der Waals surface area contributed by atoms with Crippen LogP contribution in [0.5, 0.6) is 11.5 Å². The zero-order valence-corrected chi connectivity index (χ0v) is 17.9. The number of amides is 1. The zero-order valence-electron chi connectivity index (χ0n) is 15.5. The molecule has 0 saturated carbocycles. The number of nitrogens with zero attached hydrogens (tertiary/aromatic N) is 1. The summed E-state index contributed by atoms with van der Waals surface area (Å²) in [5.74, 6) is 1.02. The second-order valence-corrected chi connectivity index (χ2v) is 7.11. The smallest absolute Gasteiger partial charge is 0.277 e. The minimum Gasteiger partial charge on any atom is -0.494 e. The van der Waals surface area contributed by atoms with Crippen molar-refractivity contribution in [3.63, 3.8) is 0 Å². The van der Waals surface area contributed by atoms with Crippen LogP contribution in [0.25, 0.3) is 0 Å². The molecule has 7 heteroatoms. The van der Waals surface area contributed by atoms with Gasteiger partial charge in [-0.15, -0.1) is 0 Å². The minimum absolute atomic E-state index is 0.153. The molecule has 0 bridgehead atoms. The van der Waals surface area contributed by atoms with Crippen molar-refractivity contribution in [1.29, 1.82) is 0 Å². The van der Waals surface area contributed by atoms with Gasteiger partial charge in [-0.25, -0.2) is 5.43 Å². The first kappa shape index (κ1) is 21.3. The number of ether oxygens (including phenoxy) is 2. The molecule has 27 heavy (non-hydrogen) atoms. The third-order valence-corrected chi connectivity index (χ3v) is 5.25. The van der Waals surface area contributed by atoms with Gasteiger partial charge in [0.25, 0.3) is 5.91 Å².